The van der Waals surface area contributed by atoms with Crippen LogP contribution in [-0.4, -0.2) is 41.9 Å². The molecule has 3 N–H and O–H groups in total. The second-order valence-electron chi connectivity index (χ2n) is 5.74. The molecule has 0 heterocycles. The van der Waals surface area contributed by atoms with Gasteiger partial charge in [0, 0.05) is 12.1 Å². The van der Waals surface area contributed by atoms with E-state index in [9.17, 15) is 9.59 Å². The van der Waals surface area contributed by atoms with Crippen LogP contribution in [0.1, 0.15) is 34.6 Å². The lowest BCUT2D eigenvalue weighted by atomic mass is 10.1. The van der Waals surface area contributed by atoms with Crippen LogP contribution in [0.5, 0.6) is 0 Å². The summed E-state index contributed by atoms with van der Waals surface area (Å²) in [5.74, 6) is -0.255. The molecule has 0 aromatic rings. The number of hydrogen-bond donors (Lipinski definition) is 2. The lowest BCUT2D eigenvalue weighted by Gasteiger charge is -2.26. The molecule has 5 heteroatoms. The minimum atomic E-state index is -0.477. The first kappa shape index (κ1) is 15.9. The smallest absolute Gasteiger partial charge is 0.237 e. The van der Waals surface area contributed by atoms with Crippen LogP contribution < -0.4 is 11.1 Å². The summed E-state index contributed by atoms with van der Waals surface area (Å²) in [6.07, 6.45) is 0. The molecule has 5 nitrogen and oxygen atoms in total. The van der Waals surface area contributed by atoms with Gasteiger partial charge in [0.1, 0.15) is 0 Å². The quantitative estimate of drug-likeness (QED) is 0.706. The summed E-state index contributed by atoms with van der Waals surface area (Å²) in [5.41, 5.74) is 5.02. The summed E-state index contributed by atoms with van der Waals surface area (Å²) >= 11 is 0. The third-order valence-electron chi connectivity index (χ3n) is 2.05. The molecular weight excluding hydrogens is 218 g/mol. The number of primary amides is 1. The first-order valence-corrected chi connectivity index (χ1v) is 5.93. The van der Waals surface area contributed by atoms with Crippen LogP contribution in [0.3, 0.4) is 0 Å². The Labute approximate surface area is 104 Å². The zero-order valence-corrected chi connectivity index (χ0v) is 11.5. The van der Waals surface area contributed by atoms with Crippen LogP contribution in [0.2, 0.25) is 0 Å². The summed E-state index contributed by atoms with van der Waals surface area (Å²) in [7, 11) is 0. The van der Waals surface area contributed by atoms with Gasteiger partial charge in [-0.05, 0) is 26.7 Å². The molecule has 0 aromatic carbocycles. The summed E-state index contributed by atoms with van der Waals surface area (Å²) in [5, 5.41) is 3.11. The Balaban J connectivity index is 4.37. The van der Waals surface area contributed by atoms with Crippen LogP contribution in [0.25, 0.3) is 0 Å². The topological polar surface area (TPSA) is 75.4 Å². The zero-order valence-electron chi connectivity index (χ0n) is 11.5. The lowest BCUT2D eigenvalue weighted by Crippen LogP contribution is -2.48. The molecule has 0 aliphatic carbocycles. The second-order valence-corrected chi connectivity index (χ2v) is 5.74. The van der Waals surface area contributed by atoms with E-state index >= 15 is 0 Å². The average Bonchev–Trinajstić information content (AvgIpc) is 2.10. The van der Waals surface area contributed by atoms with Crippen molar-refractivity contribution in [3.05, 3.63) is 0 Å². The Morgan fingerprint density at radius 3 is 2.18 bits per heavy atom. The second kappa shape index (κ2) is 6.59. The minimum Gasteiger partial charge on any atom is -0.368 e. The van der Waals surface area contributed by atoms with Crippen LogP contribution in [-0.2, 0) is 9.59 Å². The van der Waals surface area contributed by atoms with Gasteiger partial charge in [-0.15, -0.1) is 0 Å². The highest BCUT2D eigenvalue weighted by Crippen LogP contribution is 2.01. The molecule has 100 valence electrons. The SMILES string of the molecule is CC(C)CN(CC(N)=O)C(=O)CNC(C)(C)C. The molecule has 0 aliphatic heterocycles. The Morgan fingerprint density at radius 1 is 1.29 bits per heavy atom. The number of nitrogens with zero attached hydrogens (tertiary/aromatic N) is 1. The predicted molar refractivity (Wildman–Crippen MR) is 68.4 cm³/mol. The van der Waals surface area contributed by atoms with Crippen molar-refractivity contribution in [1.29, 1.82) is 0 Å². The van der Waals surface area contributed by atoms with Gasteiger partial charge in [0.15, 0.2) is 0 Å². The fourth-order valence-electron chi connectivity index (χ4n) is 1.34. The first-order valence-electron chi connectivity index (χ1n) is 5.93. The van der Waals surface area contributed by atoms with Gasteiger partial charge in [-0.1, -0.05) is 13.8 Å². The number of amides is 2. The van der Waals surface area contributed by atoms with Crippen molar-refractivity contribution in [3.63, 3.8) is 0 Å². The molecule has 0 atom stereocenters. The van der Waals surface area contributed by atoms with Crippen molar-refractivity contribution in [2.24, 2.45) is 11.7 Å². The maximum absolute atomic E-state index is 11.9. The van der Waals surface area contributed by atoms with E-state index in [1.54, 1.807) is 0 Å². The van der Waals surface area contributed by atoms with Crippen molar-refractivity contribution < 1.29 is 9.59 Å². The molecule has 0 unspecified atom stereocenters. The largest absolute Gasteiger partial charge is 0.368 e. The highest BCUT2D eigenvalue weighted by atomic mass is 16.2. The first-order chi connectivity index (χ1) is 7.61. The molecule has 0 spiro atoms. The van der Waals surface area contributed by atoms with E-state index < -0.39 is 5.91 Å². The van der Waals surface area contributed by atoms with E-state index in [2.05, 4.69) is 5.32 Å². The molecule has 0 saturated heterocycles. The normalized spacial score (nSPS) is 11.6. The number of carbonyl (C=O) groups excluding carboxylic acids is 2. The van der Waals surface area contributed by atoms with Gasteiger partial charge >= 0.3 is 0 Å². The van der Waals surface area contributed by atoms with Gasteiger partial charge in [-0.25, -0.2) is 0 Å². The molecule has 0 radical (unpaired) electrons. The molecule has 0 rings (SSSR count). The van der Waals surface area contributed by atoms with Gasteiger partial charge in [0.05, 0.1) is 13.1 Å². The minimum absolute atomic E-state index is 0.0111. The molecule has 0 saturated carbocycles. The average molecular weight is 243 g/mol. The Morgan fingerprint density at radius 2 is 1.82 bits per heavy atom. The van der Waals surface area contributed by atoms with E-state index in [1.165, 1.54) is 4.90 Å². The Bertz CT molecular complexity index is 269. The summed E-state index contributed by atoms with van der Waals surface area (Å²) in [4.78, 5) is 24.3. The molecule has 0 fully saturated rings. The summed E-state index contributed by atoms with van der Waals surface area (Å²) in [6.45, 7) is 10.7. The van der Waals surface area contributed by atoms with E-state index in [0.717, 1.165) is 0 Å². The fourth-order valence-corrected chi connectivity index (χ4v) is 1.34. The molecular formula is C12H25N3O2. The van der Waals surface area contributed by atoms with Crippen LogP contribution in [0, 0.1) is 5.92 Å². The third-order valence-corrected chi connectivity index (χ3v) is 2.05. The Hall–Kier alpha value is -1.10. The monoisotopic (exact) mass is 243 g/mol. The van der Waals surface area contributed by atoms with Crippen LogP contribution >= 0.6 is 0 Å². The van der Waals surface area contributed by atoms with Gasteiger partial charge in [0.2, 0.25) is 11.8 Å². The van der Waals surface area contributed by atoms with E-state index in [4.69, 9.17) is 5.73 Å². The number of carbonyl (C=O) groups is 2. The summed E-state index contributed by atoms with van der Waals surface area (Å²) in [6, 6.07) is 0. The van der Waals surface area contributed by atoms with Crippen LogP contribution in [0.4, 0.5) is 0 Å². The predicted octanol–water partition coefficient (Wildman–Crippen LogP) is 0.344. The van der Waals surface area contributed by atoms with Crippen molar-refractivity contribution in [1.82, 2.24) is 10.2 Å². The number of nitrogens with one attached hydrogen (secondary N) is 1. The maximum Gasteiger partial charge on any atom is 0.237 e. The van der Waals surface area contributed by atoms with E-state index in [1.807, 2.05) is 34.6 Å². The van der Waals surface area contributed by atoms with Crippen molar-refractivity contribution in [2.45, 2.75) is 40.2 Å². The molecule has 2 amide bonds. The highest BCUT2D eigenvalue weighted by molar-refractivity contribution is 5.84. The fraction of sp³-hybridized carbons (Fsp3) is 0.833. The standard InChI is InChI=1S/C12H25N3O2/c1-9(2)7-15(8-10(13)16)11(17)6-14-12(3,4)5/h9,14H,6-8H2,1-5H3,(H2,13,16). The Kier molecular flexibility index (Phi) is 6.16. The lowest BCUT2D eigenvalue weighted by molar-refractivity contribution is -0.135. The maximum atomic E-state index is 11.9. The molecule has 0 aliphatic rings. The van der Waals surface area contributed by atoms with Gasteiger partial charge in [-0.3, -0.25) is 9.59 Å². The molecule has 17 heavy (non-hydrogen) atoms. The van der Waals surface area contributed by atoms with E-state index in [-0.39, 0.29) is 24.5 Å². The van der Waals surface area contributed by atoms with Crippen molar-refractivity contribution in [2.75, 3.05) is 19.6 Å². The van der Waals surface area contributed by atoms with Gasteiger partial charge in [0.25, 0.3) is 0 Å². The van der Waals surface area contributed by atoms with Gasteiger partial charge < -0.3 is 16.0 Å². The van der Waals surface area contributed by atoms with E-state index in [0.29, 0.717) is 12.5 Å². The summed E-state index contributed by atoms with van der Waals surface area (Å²) < 4.78 is 0. The van der Waals surface area contributed by atoms with Crippen LogP contribution in [0.15, 0.2) is 0 Å². The molecule has 0 aromatic heterocycles. The number of hydrogen-bond acceptors (Lipinski definition) is 3. The zero-order chi connectivity index (χ0) is 13.6. The number of nitrogens with two attached hydrogens (primary N) is 1. The number of rotatable bonds is 6. The third kappa shape index (κ3) is 8.68. The van der Waals surface area contributed by atoms with Gasteiger partial charge in [-0.2, -0.15) is 0 Å². The molecule has 0 bridgehead atoms. The van der Waals surface area contributed by atoms with Crippen molar-refractivity contribution in [3.8, 4) is 0 Å². The van der Waals surface area contributed by atoms with Crippen molar-refractivity contribution >= 4 is 11.8 Å². The highest BCUT2D eigenvalue weighted by Gasteiger charge is 2.19.